The summed E-state index contributed by atoms with van der Waals surface area (Å²) in [5, 5.41) is 22.3. The van der Waals surface area contributed by atoms with Crippen molar-refractivity contribution < 1.29 is 14.0 Å². The standard InChI is InChI=1S/C26H20N6O3S/c1-15(2)16-8-10-17(11-9-16)22-19(12-27)24(29)30-25(20(22)13-28)36-14-21(33)23-26(34)35-31-32(23)18-6-4-3-5-7-18/h3-11,15H,14H2,1-2H3,(H2-,29,30,31,33,34)/p+1. The van der Waals surface area contributed by atoms with E-state index in [4.69, 9.17) is 10.3 Å². The third-order valence-electron chi connectivity index (χ3n) is 5.55. The quantitative estimate of drug-likeness (QED) is 0.222. The van der Waals surface area contributed by atoms with Crippen molar-refractivity contribution in [1.29, 1.82) is 10.5 Å². The smallest absolute Gasteiger partial charge is 0.383 e. The lowest BCUT2D eigenvalue weighted by Crippen LogP contribution is -2.41. The van der Waals surface area contributed by atoms with Crippen LogP contribution in [0.2, 0.25) is 0 Å². The molecule has 0 bridgehead atoms. The molecule has 178 valence electrons. The molecule has 9 nitrogen and oxygen atoms in total. The van der Waals surface area contributed by atoms with Crippen LogP contribution in [-0.4, -0.2) is 21.8 Å². The number of para-hydroxylation sites is 1. The number of carbonyl (C=O) groups is 1. The molecule has 2 aromatic heterocycles. The first kappa shape index (κ1) is 24.5. The molecule has 2 heterocycles. The van der Waals surface area contributed by atoms with Gasteiger partial charge in [0.1, 0.15) is 28.5 Å². The summed E-state index contributed by atoms with van der Waals surface area (Å²) < 4.78 is 6.11. The van der Waals surface area contributed by atoms with E-state index in [1.807, 2.05) is 30.3 Å². The summed E-state index contributed by atoms with van der Waals surface area (Å²) in [6.45, 7) is 4.14. The van der Waals surface area contributed by atoms with Crippen LogP contribution in [0.3, 0.4) is 0 Å². The molecule has 0 aliphatic carbocycles. The number of nitrogen functional groups attached to an aromatic ring is 1. The molecular formula is C26H21N6O3S+. The lowest BCUT2D eigenvalue weighted by atomic mass is 9.94. The molecule has 0 aliphatic rings. The van der Waals surface area contributed by atoms with Gasteiger partial charge in [0.25, 0.3) is 0 Å². The maximum Gasteiger partial charge on any atom is 0.438 e. The molecule has 4 aromatic rings. The summed E-state index contributed by atoms with van der Waals surface area (Å²) >= 11 is 0.960. The SMILES string of the molecule is CC(C)c1ccc(-c2c(C#N)c(N)nc(SCC(=O)c3c(=O)o[nH][n+]3-c3ccccc3)c2C#N)cc1. The van der Waals surface area contributed by atoms with Gasteiger partial charge in [-0.2, -0.15) is 10.5 Å². The zero-order valence-electron chi connectivity index (χ0n) is 19.5. The Kier molecular flexibility index (Phi) is 7.00. The number of pyridine rings is 1. The topological polar surface area (TPSA) is 153 Å². The maximum absolute atomic E-state index is 13.0. The van der Waals surface area contributed by atoms with E-state index >= 15 is 0 Å². The zero-order chi connectivity index (χ0) is 25.8. The second-order valence-corrected chi connectivity index (χ2v) is 9.10. The number of aromatic nitrogens is 3. The van der Waals surface area contributed by atoms with Gasteiger partial charge >= 0.3 is 11.3 Å². The molecular weight excluding hydrogens is 476 g/mol. The Morgan fingerprint density at radius 3 is 2.39 bits per heavy atom. The minimum Gasteiger partial charge on any atom is -0.383 e. The summed E-state index contributed by atoms with van der Waals surface area (Å²) in [5.41, 5.74) is 7.94. The van der Waals surface area contributed by atoms with Crippen molar-refractivity contribution in [3.8, 4) is 29.0 Å². The van der Waals surface area contributed by atoms with E-state index in [-0.39, 0.29) is 33.4 Å². The fourth-order valence-corrected chi connectivity index (χ4v) is 4.56. The highest BCUT2D eigenvalue weighted by atomic mass is 32.2. The number of ketones is 1. The van der Waals surface area contributed by atoms with E-state index in [9.17, 15) is 20.1 Å². The molecule has 0 aliphatic heterocycles. The van der Waals surface area contributed by atoms with E-state index in [0.29, 0.717) is 22.7 Å². The van der Waals surface area contributed by atoms with E-state index in [0.717, 1.165) is 17.3 Å². The Morgan fingerprint density at radius 1 is 1.11 bits per heavy atom. The first-order valence-electron chi connectivity index (χ1n) is 10.9. The summed E-state index contributed by atoms with van der Waals surface area (Å²) in [4.78, 5) is 29.5. The Hall–Kier alpha value is -4.67. The highest BCUT2D eigenvalue weighted by molar-refractivity contribution is 8.00. The van der Waals surface area contributed by atoms with Gasteiger partial charge in [-0.25, -0.2) is 9.78 Å². The third-order valence-corrected chi connectivity index (χ3v) is 6.52. The average molecular weight is 498 g/mol. The van der Waals surface area contributed by atoms with Crippen molar-refractivity contribution in [2.24, 2.45) is 0 Å². The molecule has 10 heteroatoms. The van der Waals surface area contributed by atoms with Gasteiger partial charge in [0.05, 0.1) is 11.3 Å². The van der Waals surface area contributed by atoms with Crippen molar-refractivity contribution in [3.63, 3.8) is 0 Å². The Labute approximate surface area is 210 Å². The molecule has 3 N–H and O–H groups in total. The molecule has 0 spiro atoms. The summed E-state index contributed by atoms with van der Waals surface area (Å²) in [7, 11) is 0. The molecule has 36 heavy (non-hydrogen) atoms. The van der Waals surface area contributed by atoms with Crippen molar-refractivity contribution in [2.45, 2.75) is 24.8 Å². The normalized spacial score (nSPS) is 10.7. The molecule has 0 fully saturated rings. The Morgan fingerprint density at radius 2 is 1.78 bits per heavy atom. The van der Waals surface area contributed by atoms with E-state index in [1.54, 1.807) is 30.3 Å². The van der Waals surface area contributed by atoms with Crippen molar-refractivity contribution in [3.05, 3.63) is 87.4 Å². The lowest BCUT2D eigenvalue weighted by molar-refractivity contribution is -0.672. The number of H-pyrrole nitrogens is 1. The maximum atomic E-state index is 13.0. The molecule has 0 unspecified atom stereocenters. The fourth-order valence-electron chi connectivity index (χ4n) is 3.70. The van der Waals surface area contributed by atoms with Gasteiger partial charge in [-0.05, 0) is 27.0 Å². The number of thioether (sulfide) groups is 1. The number of hydrogen-bond acceptors (Lipinski definition) is 8. The van der Waals surface area contributed by atoms with Crippen LogP contribution in [0.4, 0.5) is 5.82 Å². The number of nitriles is 2. The van der Waals surface area contributed by atoms with Crippen LogP contribution in [0.5, 0.6) is 0 Å². The highest BCUT2D eigenvalue weighted by Crippen LogP contribution is 2.36. The van der Waals surface area contributed by atoms with E-state index in [2.05, 4.69) is 30.2 Å². The average Bonchev–Trinajstić information content (AvgIpc) is 3.28. The number of anilines is 1. The first-order chi connectivity index (χ1) is 17.3. The third kappa shape index (κ3) is 4.63. The van der Waals surface area contributed by atoms with Crippen LogP contribution < -0.4 is 16.0 Å². The van der Waals surface area contributed by atoms with Gasteiger partial charge in [0.2, 0.25) is 11.5 Å². The predicted molar refractivity (Wildman–Crippen MR) is 134 cm³/mol. The van der Waals surface area contributed by atoms with Crippen molar-refractivity contribution in [1.82, 2.24) is 10.3 Å². The molecule has 0 atom stereocenters. The first-order valence-corrected chi connectivity index (χ1v) is 11.9. The van der Waals surface area contributed by atoms with Gasteiger partial charge in [0.15, 0.2) is 0 Å². The number of carbonyl (C=O) groups excluding carboxylic acids is 1. The van der Waals surface area contributed by atoms with Crippen LogP contribution >= 0.6 is 11.8 Å². The Balaban J connectivity index is 1.71. The molecule has 2 aromatic carbocycles. The number of Topliss-reactive ketones (excluding diaryl/α,β-unsaturated/α-hetero) is 1. The van der Waals surface area contributed by atoms with E-state index < -0.39 is 11.4 Å². The van der Waals surface area contributed by atoms with Crippen LogP contribution in [0, 0.1) is 22.7 Å². The van der Waals surface area contributed by atoms with E-state index in [1.165, 1.54) is 4.68 Å². The molecule has 0 radical (unpaired) electrons. The zero-order valence-corrected chi connectivity index (χ0v) is 20.3. The minimum absolute atomic E-state index is 0.0464. The highest BCUT2D eigenvalue weighted by Gasteiger charge is 2.31. The summed E-state index contributed by atoms with van der Waals surface area (Å²) in [6.07, 6.45) is 0. The number of nitrogens with zero attached hydrogens (tertiary/aromatic N) is 4. The van der Waals surface area contributed by atoms with Crippen LogP contribution in [0.1, 0.15) is 46.9 Å². The number of hydrogen-bond donors (Lipinski definition) is 2. The second-order valence-electron chi connectivity index (χ2n) is 8.14. The number of aromatic amines is 1. The number of rotatable bonds is 7. The lowest BCUT2D eigenvalue weighted by Gasteiger charge is -2.13. The van der Waals surface area contributed by atoms with Gasteiger partial charge in [-0.15, -0.1) is 0 Å². The van der Waals surface area contributed by atoms with Crippen LogP contribution in [0.25, 0.3) is 16.8 Å². The summed E-state index contributed by atoms with van der Waals surface area (Å²) in [6, 6.07) is 20.4. The monoisotopic (exact) mass is 497 g/mol. The molecule has 0 amide bonds. The van der Waals surface area contributed by atoms with Crippen molar-refractivity contribution >= 4 is 23.4 Å². The van der Waals surface area contributed by atoms with Crippen LogP contribution in [0.15, 0.2) is 68.9 Å². The second kappa shape index (κ2) is 10.3. The number of nitrogens with two attached hydrogens (primary N) is 1. The molecule has 0 saturated carbocycles. The van der Waals surface area contributed by atoms with Gasteiger partial charge in [-0.3, -0.25) is 9.32 Å². The summed E-state index contributed by atoms with van der Waals surface area (Å²) in [5.74, 6) is -0.478. The molecule has 0 saturated heterocycles. The predicted octanol–water partition coefficient (Wildman–Crippen LogP) is 3.73. The van der Waals surface area contributed by atoms with Gasteiger partial charge in [-0.1, -0.05) is 68.1 Å². The fraction of sp³-hybridized carbons (Fsp3) is 0.154. The Bertz CT molecular complexity index is 1580. The largest absolute Gasteiger partial charge is 0.438 e. The number of benzene rings is 2. The van der Waals surface area contributed by atoms with Gasteiger partial charge < -0.3 is 5.73 Å². The van der Waals surface area contributed by atoms with Gasteiger partial charge in [0, 0.05) is 17.7 Å². The van der Waals surface area contributed by atoms with Crippen molar-refractivity contribution in [2.75, 3.05) is 11.5 Å². The van der Waals surface area contributed by atoms with Crippen LogP contribution in [-0.2, 0) is 0 Å². The molecule has 4 rings (SSSR count). The number of nitrogens with one attached hydrogen (secondary N) is 1. The minimum atomic E-state index is -0.816.